The van der Waals surface area contributed by atoms with Crippen molar-refractivity contribution in [2.45, 2.75) is 32.1 Å². The van der Waals surface area contributed by atoms with Gasteiger partial charge in [0.2, 0.25) is 5.91 Å². The molecule has 3 rings (SSSR count). The molecule has 1 aromatic carbocycles. The maximum Gasteiger partial charge on any atom is 0.234 e. The van der Waals surface area contributed by atoms with Crippen LogP contribution in [0.4, 0.5) is 5.69 Å². The topological polar surface area (TPSA) is 77.6 Å². The highest BCUT2D eigenvalue weighted by molar-refractivity contribution is 7.99. The number of rotatable bonds is 7. The standard InChI is InChI=1S/C17H17Cl3N6OS/c1-3-25-8-10(7-21-25)16-23-24-17(26(16)4-2)28-9-15(27)22-14-6-12(19)11(18)5-13(14)20/h5-8H,3-4,9H2,1-2H3,(H,22,27). The number of anilines is 1. The molecule has 1 amide bonds. The van der Waals surface area contributed by atoms with Crippen molar-refractivity contribution in [3.05, 3.63) is 39.6 Å². The maximum atomic E-state index is 12.3. The number of aromatic nitrogens is 5. The van der Waals surface area contributed by atoms with Crippen molar-refractivity contribution in [1.82, 2.24) is 24.5 Å². The SMILES string of the molecule is CCn1cc(-c2nnc(SCC(=O)Nc3cc(Cl)c(Cl)cc3Cl)n2CC)cn1. The van der Waals surface area contributed by atoms with Crippen LogP contribution in [0.5, 0.6) is 0 Å². The predicted octanol–water partition coefficient (Wildman–Crippen LogP) is 4.87. The van der Waals surface area contributed by atoms with E-state index in [-0.39, 0.29) is 11.7 Å². The Labute approximate surface area is 181 Å². The Morgan fingerprint density at radius 2 is 1.86 bits per heavy atom. The zero-order valence-electron chi connectivity index (χ0n) is 15.1. The largest absolute Gasteiger partial charge is 0.324 e. The molecule has 0 radical (unpaired) electrons. The van der Waals surface area contributed by atoms with E-state index in [0.29, 0.717) is 32.5 Å². The van der Waals surface area contributed by atoms with Crippen molar-refractivity contribution in [2.75, 3.05) is 11.1 Å². The highest BCUT2D eigenvalue weighted by Gasteiger charge is 2.16. The van der Waals surface area contributed by atoms with E-state index in [9.17, 15) is 4.79 Å². The van der Waals surface area contributed by atoms with Crippen LogP contribution in [0.25, 0.3) is 11.4 Å². The van der Waals surface area contributed by atoms with Gasteiger partial charge in [0.1, 0.15) is 0 Å². The number of amides is 1. The summed E-state index contributed by atoms with van der Waals surface area (Å²) in [4.78, 5) is 12.3. The van der Waals surface area contributed by atoms with Gasteiger partial charge in [-0.1, -0.05) is 46.6 Å². The van der Waals surface area contributed by atoms with Crippen LogP contribution in [0.2, 0.25) is 15.1 Å². The Morgan fingerprint density at radius 1 is 1.11 bits per heavy atom. The number of carbonyl (C=O) groups is 1. The number of nitrogens with zero attached hydrogens (tertiary/aromatic N) is 5. The summed E-state index contributed by atoms with van der Waals surface area (Å²) < 4.78 is 3.77. The molecule has 0 fully saturated rings. The first-order valence-electron chi connectivity index (χ1n) is 8.46. The molecule has 2 aromatic heterocycles. The van der Waals surface area contributed by atoms with Crippen LogP contribution in [-0.2, 0) is 17.9 Å². The van der Waals surface area contributed by atoms with Crippen LogP contribution in [0.3, 0.4) is 0 Å². The number of hydrogen-bond acceptors (Lipinski definition) is 5. The van der Waals surface area contributed by atoms with Gasteiger partial charge in [0.25, 0.3) is 0 Å². The molecule has 0 bridgehead atoms. The maximum absolute atomic E-state index is 12.3. The Morgan fingerprint density at radius 3 is 2.54 bits per heavy atom. The molecule has 28 heavy (non-hydrogen) atoms. The van der Waals surface area contributed by atoms with E-state index in [0.717, 1.165) is 17.9 Å². The van der Waals surface area contributed by atoms with Crippen molar-refractivity contribution in [2.24, 2.45) is 0 Å². The van der Waals surface area contributed by atoms with E-state index in [1.165, 1.54) is 23.9 Å². The monoisotopic (exact) mass is 458 g/mol. The van der Waals surface area contributed by atoms with Gasteiger partial charge in [0.05, 0.1) is 38.3 Å². The normalized spacial score (nSPS) is 11.0. The lowest BCUT2D eigenvalue weighted by Gasteiger charge is -2.09. The Hall–Kier alpha value is -1.74. The molecule has 0 aliphatic rings. The lowest BCUT2D eigenvalue weighted by atomic mass is 10.3. The molecule has 0 aliphatic heterocycles. The van der Waals surface area contributed by atoms with Gasteiger partial charge in [0.15, 0.2) is 11.0 Å². The molecule has 2 heterocycles. The van der Waals surface area contributed by atoms with Crippen LogP contribution in [0.15, 0.2) is 29.7 Å². The van der Waals surface area contributed by atoms with Crippen LogP contribution in [0.1, 0.15) is 13.8 Å². The van der Waals surface area contributed by atoms with Crippen molar-refractivity contribution in [3.8, 4) is 11.4 Å². The molecule has 1 N–H and O–H groups in total. The first kappa shape index (κ1) is 21.0. The molecule has 0 saturated carbocycles. The van der Waals surface area contributed by atoms with E-state index < -0.39 is 0 Å². The average Bonchev–Trinajstić information content (AvgIpc) is 3.30. The number of nitrogens with one attached hydrogen (secondary N) is 1. The van der Waals surface area contributed by atoms with E-state index in [1.54, 1.807) is 6.20 Å². The number of thioether (sulfide) groups is 1. The Bertz CT molecular complexity index is 1000. The van der Waals surface area contributed by atoms with Gasteiger partial charge in [-0.25, -0.2) is 0 Å². The fraction of sp³-hybridized carbons (Fsp3) is 0.294. The zero-order chi connectivity index (χ0) is 20.3. The number of aryl methyl sites for hydroxylation is 1. The second-order valence-corrected chi connectivity index (χ2v) is 7.88. The second-order valence-electron chi connectivity index (χ2n) is 5.72. The van der Waals surface area contributed by atoms with Crippen molar-refractivity contribution < 1.29 is 4.79 Å². The third kappa shape index (κ3) is 4.63. The summed E-state index contributed by atoms with van der Waals surface area (Å²) in [6.45, 7) is 5.46. The van der Waals surface area contributed by atoms with Gasteiger partial charge >= 0.3 is 0 Å². The number of benzene rings is 1. The van der Waals surface area contributed by atoms with Gasteiger partial charge in [-0.15, -0.1) is 10.2 Å². The molecule has 148 valence electrons. The van der Waals surface area contributed by atoms with E-state index >= 15 is 0 Å². The van der Waals surface area contributed by atoms with E-state index in [1.807, 2.05) is 29.3 Å². The fourth-order valence-electron chi connectivity index (χ4n) is 2.48. The lowest BCUT2D eigenvalue weighted by Crippen LogP contribution is -2.15. The van der Waals surface area contributed by atoms with Crippen LogP contribution >= 0.6 is 46.6 Å². The summed E-state index contributed by atoms with van der Waals surface area (Å²) in [6.07, 6.45) is 3.68. The summed E-state index contributed by atoms with van der Waals surface area (Å²) >= 11 is 19.3. The molecule has 0 unspecified atom stereocenters. The molecule has 11 heteroatoms. The lowest BCUT2D eigenvalue weighted by molar-refractivity contribution is -0.113. The highest BCUT2D eigenvalue weighted by atomic mass is 35.5. The summed E-state index contributed by atoms with van der Waals surface area (Å²) in [5.41, 5.74) is 1.29. The van der Waals surface area contributed by atoms with E-state index in [4.69, 9.17) is 34.8 Å². The molecular weight excluding hydrogens is 443 g/mol. The predicted molar refractivity (Wildman–Crippen MR) is 113 cm³/mol. The van der Waals surface area contributed by atoms with Crippen molar-refractivity contribution >= 4 is 58.2 Å². The van der Waals surface area contributed by atoms with Crippen LogP contribution in [0, 0.1) is 0 Å². The third-order valence-corrected chi connectivity index (χ3v) is 5.87. The molecule has 0 spiro atoms. The molecule has 0 saturated heterocycles. The summed E-state index contributed by atoms with van der Waals surface area (Å²) in [5.74, 6) is 0.622. The van der Waals surface area contributed by atoms with Crippen molar-refractivity contribution in [1.29, 1.82) is 0 Å². The minimum atomic E-state index is -0.240. The smallest absolute Gasteiger partial charge is 0.234 e. The number of hydrogen-bond donors (Lipinski definition) is 1. The minimum absolute atomic E-state index is 0.142. The van der Waals surface area contributed by atoms with Gasteiger partial charge in [-0.05, 0) is 26.0 Å². The quantitative estimate of drug-likeness (QED) is 0.403. The zero-order valence-corrected chi connectivity index (χ0v) is 18.2. The van der Waals surface area contributed by atoms with Crippen LogP contribution < -0.4 is 5.32 Å². The molecule has 7 nitrogen and oxygen atoms in total. The minimum Gasteiger partial charge on any atom is -0.324 e. The molecule has 0 atom stereocenters. The second kappa shape index (κ2) is 9.17. The van der Waals surface area contributed by atoms with Gasteiger partial charge in [-0.3, -0.25) is 9.48 Å². The molecular formula is C17H17Cl3N6OS. The molecule has 0 aliphatic carbocycles. The Balaban J connectivity index is 1.69. The Kier molecular flexibility index (Phi) is 6.87. The molecule has 3 aromatic rings. The summed E-state index contributed by atoms with van der Waals surface area (Å²) in [7, 11) is 0. The number of carbonyl (C=O) groups excluding carboxylic acids is 1. The van der Waals surface area contributed by atoms with Gasteiger partial charge in [-0.2, -0.15) is 5.10 Å². The fourth-order valence-corrected chi connectivity index (χ4v) is 3.88. The van der Waals surface area contributed by atoms with Gasteiger partial charge < -0.3 is 9.88 Å². The highest BCUT2D eigenvalue weighted by Crippen LogP contribution is 2.32. The number of halogens is 3. The third-order valence-electron chi connectivity index (χ3n) is 3.86. The first-order chi connectivity index (χ1) is 13.4. The van der Waals surface area contributed by atoms with Crippen LogP contribution in [-0.4, -0.2) is 36.2 Å². The van der Waals surface area contributed by atoms with E-state index in [2.05, 4.69) is 20.6 Å². The first-order valence-corrected chi connectivity index (χ1v) is 10.6. The van der Waals surface area contributed by atoms with Crippen molar-refractivity contribution in [3.63, 3.8) is 0 Å². The average molecular weight is 460 g/mol. The summed E-state index contributed by atoms with van der Waals surface area (Å²) in [6, 6.07) is 3.01. The summed E-state index contributed by atoms with van der Waals surface area (Å²) in [5, 5.41) is 17.1. The van der Waals surface area contributed by atoms with Gasteiger partial charge in [0, 0.05) is 19.3 Å².